The second-order valence-corrected chi connectivity index (χ2v) is 5.68. The highest BCUT2D eigenvalue weighted by Gasteiger charge is 2.28. The van der Waals surface area contributed by atoms with Gasteiger partial charge in [0.25, 0.3) is 0 Å². The summed E-state index contributed by atoms with van der Waals surface area (Å²) in [5, 5.41) is 0.614. The fourth-order valence-corrected chi connectivity index (χ4v) is 3.31. The maximum Gasteiger partial charge on any atom is 0.137 e. The lowest BCUT2D eigenvalue weighted by molar-refractivity contribution is 0.232. The largest absolute Gasteiger partial charge is 0.355 e. The molecule has 2 rings (SSSR count). The van der Waals surface area contributed by atoms with Gasteiger partial charge in [-0.05, 0) is 25.9 Å². The summed E-state index contributed by atoms with van der Waals surface area (Å²) >= 11 is 6.25. The van der Waals surface area contributed by atoms with Crippen LogP contribution in [0.15, 0.2) is 6.33 Å². The van der Waals surface area contributed by atoms with Crippen molar-refractivity contribution < 1.29 is 0 Å². The number of hydrogen-bond acceptors (Lipinski definition) is 4. The molecule has 1 fully saturated rings. The van der Waals surface area contributed by atoms with Crippen molar-refractivity contribution >= 4 is 17.4 Å². The standard InChI is InChI=1S/C15H25ClN4/c1-4-7-13-14(16)17-11-18-15(13)20-9-8-12(10-20)19(5-2)6-3/h11-12H,4-10H2,1-3H3. The van der Waals surface area contributed by atoms with Gasteiger partial charge in [0.15, 0.2) is 0 Å². The fourth-order valence-electron chi connectivity index (χ4n) is 3.09. The van der Waals surface area contributed by atoms with E-state index in [2.05, 4.69) is 40.5 Å². The molecule has 0 amide bonds. The van der Waals surface area contributed by atoms with Gasteiger partial charge < -0.3 is 4.90 Å². The van der Waals surface area contributed by atoms with Crippen LogP contribution in [0.1, 0.15) is 39.2 Å². The minimum absolute atomic E-state index is 0.614. The van der Waals surface area contributed by atoms with Gasteiger partial charge in [0.05, 0.1) is 0 Å². The molecule has 1 aromatic rings. The Hall–Kier alpha value is -0.870. The average molecular weight is 297 g/mol. The third-order valence-electron chi connectivity index (χ3n) is 4.16. The van der Waals surface area contributed by atoms with Crippen LogP contribution in [0.5, 0.6) is 0 Å². The molecule has 0 aliphatic carbocycles. The molecule has 5 heteroatoms. The van der Waals surface area contributed by atoms with Gasteiger partial charge >= 0.3 is 0 Å². The van der Waals surface area contributed by atoms with Crippen LogP contribution >= 0.6 is 11.6 Å². The first-order valence-corrected chi connectivity index (χ1v) is 8.07. The summed E-state index contributed by atoms with van der Waals surface area (Å²) in [6.45, 7) is 11.0. The molecule has 112 valence electrons. The zero-order valence-electron chi connectivity index (χ0n) is 12.8. The van der Waals surface area contributed by atoms with E-state index in [-0.39, 0.29) is 0 Å². The van der Waals surface area contributed by atoms with Crippen LogP contribution in [0.4, 0.5) is 5.82 Å². The molecule has 0 bridgehead atoms. The minimum Gasteiger partial charge on any atom is -0.355 e. The van der Waals surface area contributed by atoms with Gasteiger partial charge in [-0.3, -0.25) is 4.90 Å². The number of halogens is 1. The summed E-state index contributed by atoms with van der Waals surface area (Å²) < 4.78 is 0. The summed E-state index contributed by atoms with van der Waals surface area (Å²) in [6, 6.07) is 0.633. The fraction of sp³-hybridized carbons (Fsp3) is 0.733. The molecule has 2 heterocycles. The first kappa shape index (κ1) is 15.5. The van der Waals surface area contributed by atoms with E-state index < -0.39 is 0 Å². The average Bonchev–Trinajstić information content (AvgIpc) is 2.92. The molecular weight excluding hydrogens is 272 g/mol. The lowest BCUT2D eigenvalue weighted by atomic mass is 10.2. The van der Waals surface area contributed by atoms with Crippen molar-refractivity contribution in [2.45, 2.75) is 46.1 Å². The van der Waals surface area contributed by atoms with Crippen molar-refractivity contribution in [1.29, 1.82) is 0 Å². The molecule has 1 saturated heterocycles. The van der Waals surface area contributed by atoms with E-state index in [1.165, 1.54) is 6.42 Å². The third-order valence-corrected chi connectivity index (χ3v) is 4.49. The van der Waals surface area contributed by atoms with E-state index in [4.69, 9.17) is 11.6 Å². The van der Waals surface area contributed by atoms with Crippen molar-refractivity contribution in [3.05, 3.63) is 17.0 Å². The van der Waals surface area contributed by atoms with Crippen LogP contribution in [-0.2, 0) is 6.42 Å². The highest BCUT2D eigenvalue weighted by Crippen LogP contribution is 2.28. The lowest BCUT2D eigenvalue weighted by Gasteiger charge is -2.27. The Morgan fingerprint density at radius 1 is 1.30 bits per heavy atom. The van der Waals surface area contributed by atoms with Crippen molar-refractivity contribution in [3.8, 4) is 0 Å². The van der Waals surface area contributed by atoms with E-state index in [0.29, 0.717) is 11.2 Å². The topological polar surface area (TPSA) is 32.3 Å². The zero-order chi connectivity index (χ0) is 14.5. The summed E-state index contributed by atoms with van der Waals surface area (Å²) in [7, 11) is 0. The highest BCUT2D eigenvalue weighted by molar-refractivity contribution is 6.30. The van der Waals surface area contributed by atoms with Crippen molar-refractivity contribution in [2.24, 2.45) is 0 Å². The molecule has 1 aliphatic heterocycles. The molecule has 1 aromatic heterocycles. The summed E-state index contributed by atoms with van der Waals surface area (Å²) in [4.78, 5) is 13.5. The van der Waals surface area contributed by atoms with Gasteiger partial charge in [-0.2, -0.15) is 0 Å². The molecule has 20 heavy (non-hydrogen) atoms. The van der Waals surface area contributed by atoms with Crippen LogP contribution in [0.3, 0.4) is 0 Å². The molecule has 1 aliphatic rings. The molecule has 1 unspecified atom stereocenters. The Morgan fingerprint density at radius 2 is 2.05 bits per heavy atom. The molecule has 0 radical (unpaired) electrons. The van der Waals surface area contributed by atoms with Crippen molar-refractivity contribution in [2.75, 3.05) is 31.1 Å². The van der Waals surface area contributed by atoms with E-state index in [1.54, 1.807) is 6.33 Å². The summed E-state index contributed by atoms with van der Waals surface area (Å²) in [5.74, 6) is 1.04. The molecular formula is C15H25ClN4. The van der Waals surface area contributed by atoms with E-state index in [0.717, 1.165) is 50.4 Å². The molecule has 1 atom stereocenters. The molecule has 0 spiro atoms. The Balaban J connectivity index is 2.15. The van der Waals surface area contributed by atoms with Gasteiger partial charge in [-0.15, -0.1) is 0 Å². The van der Waals surface area contributed by atoms with Crippen LogP contribution in [0.25, 0.3) is 0 Å². The molecule has 0 aromatic carbocycles. The number of likely N-dealkylation sites (N-methyl/N-ethyl adjacent to an activating group) is 1. The normalized spacial score (nSPS) is 19.1. The highest BCUT2D eigenvalue weighted by atomic mass is 35.5. The van der Waals surface area contributed by atoms with Crippen LogP contribution in [0.2, 0.25) is 5.15 Å². The Labute approximate surface area is 127 Å². The number of nitrogens with zero attached hydrogens (tertiary/aromatic N) is 4. The van der Waals surface area contributed by atoms with E-state index >= 15 is 0 Å². The second-order valence-electron chi connectivity index (χ2n) is 5.33. The molecule has 0 saturated carbocycles. The summed E-state index contributed by atoms with van der Waals surface area (Å²) in [5.41, 5.74) is 1.11. The monoisotopic (exact) mass is 296 g/mol. The van der Waals surface area contributed by atoms with Crippen LogP contribution < -0.4 is 4.90 Å². The quantitative estimate of drug-likeness (QED) is 0.756. The van der Waals surface area contributed by atoms with Gasteiger partial charge in [0, 0.05) is 24.7 Å². The van der Waals surface area contributed by atoms with Gasteiger partial charge in [-0.25, -0.2) is 9.97 Å². The van der Waals surface area contributed by atoms with Gasteiger partial charge in [0.1, 0.15) is 17.3 Å². The number of hydrogen-bond donors (Lipinski definition) is 0. The minimum atomic E-state index is 0.614. The van der Waals surface area contributed by atoms with Crippen molar-refractivity contribution in [3.63, 3.8) is 0 Å². The van der Waals surface area contributed by atoms with Gasteiger partial charge in [0.2, 0.25) is 0 Å². The first-order chi connectivity index (χ1) is 9.71. The third kappa shape index (κ3) is 3.23. The Kier molecular flexibility index (Phi) is 5.61. The number of anilines is 1. The molecule has 4 nitrogen and oxygen atoms in total. The second kappa shape index (κ2) is 7.23. The summed E-state index contributed by atoms with van der Waals surface area (Å²) in [6.07, 6.45) is 4.80. The van der Waals surface area contributed by atoms with E-state index in [1.807, 2.05) is 0 Å². The first-order valence-electron chi connectivity index (χ1n) is 7.69. The Morgan fingerprint density at radius 3 is 2.70 bits per heavy atom. The number of aromatic nitrogens is 2. The van der Waals surface area contributed by atoms with Gasteiger partial charge in [-0.1, -0.05) is 38.8 Å². The SMILES string of the molecule is CCCc1c(Cl)ncnc1N1CCC(N(CC)CC)C1. The number of rotatable bonds is 6. The zero-order valence-corrected chi connectivity index (χ0v) is 13.5. The molecule has 0 N–H and O–H groups in total. The van der Waals surface area contributed by atoms with Crippen LogP contribution in [-0.4, -0.2) is 47.1 Å². The smallest absolute Gasteiger partial charge is 0.137 e. The Bertz CT molecular complexity index is 434. The predicted octanol–water partition coefficient (Wildman–Crippen LogP) is 3.00. The van der Waals surface area contributed by atoms with Crippen LogP contribution in [0, 0.1) is 0 Å². The lowest BCUT2D eigenvalue weighted by Crippen LogP contribution is -2.37. The van der Waals surface area contributed by atoms with Crippen molar-refractivity contribution in [1.82, 2.24) is 14.9 Å². The predicted molar refractivity (Wildman–Crippen MR) is 84.6 cm³/mol. The van der Waals surface area contributed by atoms with E-state index in [9.17, 15) is 0 Å². The maximum atomic E-state index is 6.25. The maximum absolute atomic E-state index is 6.25.